The maximum absolute atomic E-state index is 16.0. The molecule has 0 unspecified atom stereocenters. The lowest BCUT2D eigenvalue weighted by Crippen LogP contribution is -2.18. The molecule has 7 heterocycles. The van der Waals surface area contributed by atoms with Crippen molar-refractivity contribution in [2.24, 2.45) is 0 Å². The minimum atomic E-state index is -0.465. The molecule has 9 nitrogen and oxygen atoms in total. The van der Waals surface area contributed by atoms with Crippen LogP contribution in [0.3, 0.4) is 0 Å². The number of halogens is 1. The first-order valence-corrected chi connectivity index (χ1v) is 12.2. The summed E-state index contributed by atoms with van der Waals surface area (Å²) in [5, 5.41) is 7.61. The predicted octanol–water partition coefficient (Wildman–Crippen LogP) is 4.76. The molecule has 2 N–H and O–H groups in total. The van der Waals surface area contributed by atoms with E-state index in [1.54, 1.807) is 37.2 Å². The van der Waals surface area contributed by atoms with Gasteiger partial charge < -0.3 is 4.98 Å². The highest BCUT2D eigenvalue weighted by atomic mass is 19.1. The van der Waals surface area contributed by atoms with Crippen LogP contribution in [-0.2, 0) is 6.54 Å². The molecule has 0 amide bonds. The lowest BCUT2D eigenvalue weighted by atomic mass is 10.1. The third-order valence-electron chi connectivity index (χ3n) is 6.81. The number of aromatic amines is 2. The van der Waals surface area contributed by atoms with Crippen molar-refractivity contribution >= 4 is 21.9 Å². The highest BCUT2D eigenvalue weighted by molar-refractivity contribution is 5.97. The summed E-state index contributed by atoms with van der Waals surface area (Å²) in [5.74, 6) is -0.0243. The number of imidazole rings is 1. The van der Waals surface area contributed by atoms with E-state index >= 15 is 4.39 Å². The first kappa shape index (κ1) is 21.7. The number of pyridine rings is 4. The Morgan fingerprint density at radius 3 is 2.62 bits per heavy atom. The van der Waals surface area contributed by atoms with Crippen molar-refractivity contribution in [2.45, 2.75) is 19.4 Å². The number of H-pyrrole nitrogens is 2. The van der Waals surface area contributed by atoms with E-state index < -0.39 is 5.82 Å². The first-order chi connectivity index (χ1) is 18.2. The maximum atomic E-state index is 16.0. The van der Waals surface area contributed by atoms with Crippen molar-refractivity contribution in [2.75, 3.05) is 13.1 Å². The summed E-state index contributed by atoms with van der Waals surface area (Å²) < 4.78 is 16.0. The van der Waals surface area contributed by atoms with E-state index in [1.807, 2.05) is 24.4 Å². The standard InChI is InChI=1S/C27H22FN9/c28-23-22-20(14-32-24(23)18-8-16(9-30-11-18)15-37-6-1-2-7-37)35-36-26(22)27-33-21-13-31-12-19(25(21)34-27)17-4-3-5-29-10-17/h3-5,8-14H,1-2,6-7,15H2,(H,33,34)(H,35,36). The van der Waals surface area contributed by atoms with Gasteiger partial charge in [0.1, 0.15) is 16.9 Å². The fourth-order valence-corrected chi connectivity index (χ4v) is 5.03. The van der Waals surface area contributed by atoms with Crippen molar-refractivity contribution in [1.82, 2.24) is 45.0 Å². The summed E-state index contributed by atoms with van der Waals surface area (Å²) in [6, 6.07) is 5.78. The van der Waals surface area contributed by atoms with Gasteiger partial charge in [0.2, 0.25) is 0 Å². The molecule has 0 saturated carbocycles. The Morgan fingerprint density at radius 2 is 1.76 bits per heavy atom. The molecule has 182 valence electrons. The molecule has 0 aromatic carbocycles. The molecule has 1 aliphatic heterocycles. The normalized spacial score (nSPS) is 14.2. The van der Waals surface area contributed by atoms with Gasteiger partial charge in [-0.3, -0.25) is 29.9 Å². The highest BCUT2D eigenvalue weighted by Crippen LogP contribution is 2.34. The molecule has 6 aromatic heterocycles. The third kappa shape index (κ3) is 3.82. The second kappa shape index (κ2) is 8.82. The van der Waals surface area contributed by atoms with Crippen molar-refractivity contribution in [3.8, 4) is 33.9 Å². The molecule has 0 atom stereocenters. The number of rotatable bonds is 5. The van der Waals surface area contributed by atoms with E-state index in [1.165, 1.54) is 12.8 Å². The largest absolute Gasteiger partial charge is 0.335 e. The predicted molar refractivity (Wildman–Crippen MR) is 138 cm³/mol. The van der Waals surface area contributed by atoms with Crippen LogP contribution in [0, 0.1) is 5.82 Å². The van der Waals surface area contributed by atoms with E-state index in [9.17, 15) is 0 Å². The molecule has 0 aliphatic carbocycles. The SMILES string of the molecule is Fc1c(-c2cncc(CN3CCCC3)c2)ncc2[nH]nc(-c3nc4c(-c5cccnc5)cncc4[nH]3)c12. The number of likely N-dealkylation sites (tertiary alicyclic amines) is 1. The molecular weight excluding hydrogens is 469 g/mol. The molecular formula is C27H22FN9. The van der Waals surface area contributed by atoms with Crippen molar-refractivity contribution in [1.29, 1.82) is 0 Å². The monoisotopic (exact) mass is 491 g/mol. The molecule has 7 rings (SSSR count). The van der Waals surface area contributed by atoms with Gasteiger partial charge in [0.05, 0.1) is 28.8 Å². The minimum Gasteiger partial charge on any atom is -0.335 e. The number of aromatic nitrogens is 8. The van der Waals surface area contributed by atoms with E-state index in [2.05, 4.69) is 40.0 Å². The van der Waals surface area contributed by atoms with Crippen LogP contribution in [0.25, 0.3) is 55.8 Å². The van der Waals surface area contributed by atoms with E-state index in [-0.39, 0.29) is 5.69 Å². The Kier molecular flexibility index (Phi) is 5.17. The summed E-state index contributed by atoms with van der Waals surface area (Å²) in [4.78, 5) is 27.7. The first-order valence-electron chi connectivity index (χ1n) is 12.2. The Balaban J connectivity index is 1.32. The maximum Gasteiger partial charge on any atom is 0.161 e. The lowest BCUT2D eigenvalue weighted by Gasteiger charge is -2.14. The average Bonchev–Trinajstić information content (AvgIpc) is 3.69. The number of nitrogens with zero attached hydrogens (tertiary/aromatic N) is 7. The van der Waals surface area contributed by atoms with Crippen LogP contribution in [0.15, 0.2) is 61.6 Å². The Labute approximate surface area is 210 Å². The molecule has 37 heavy (non-hydrogen) atoms. The van der Waals surface area contributed by atoms with Crippen LogP contribution in [0.4, 0.5) is 4.39 Å². The van der Waals surface area contributed by atoms with Gasteiger partial charge in [0, 0.05) is 54.2 Å². The molecule has 1 saturated heterocycles. The molecule has 0 bridgehead atoms. The van der Waals surface area contributed by atoms with Gasteiger partial charge in [-0.15, -0.1) is 0 Å². The van der Waals surface area contributed by atoms with Gasteiger partial charge in [-0.05, 0) is 43.6 Å². The minimum absolute atomic E-state index is 0.236. The Morgan fingerprint density at radius 1 is 0.892 bits per heavy atom. The fourth-order valence-electron chi connectivity index (χ4n) is 5.03. The van der Waals surface area contributed by atoms with Crippen LogP contribution in [0.2, 0.25) is 0 Å². The number of hydrogen-bond donors (Lipinski definition) is 2. The zero-order valence-electron chi connectivity index (χ0n) is 19.8. The summed E-state index contributed by atoms with van der Waals surface area (Å²) >= 11 is 0. The van der Waals surface area contributed by atoms with Crippen molar-refractivity contribution in [3.63, 3.8) is 0 Å². The number of fused-ring (bicyclic) bond motifs is 2. The van der Waals surface area contributed by atoms with E-state index in [0.717, 1.165) is 41.8 Å². The van der Waals surface area contributed by atoms with Gasteiger partial charge in [-0.2, -0.15) is 5.10 Å². The second-order valence-corrected chi connectivity index (χ2v) is 9.26. The van der Waals surface area contributed by atoms with E-state index in [4.69, 9.17) is 4.98 Å². The quantitative estimate of drug-likeness (QED) is 0.358. The van der Waals surface area contributed by atoms with Crippen LogP contribution in [-0.4, -0.2) is 58.1 Å². The highest BCUT2D eigenvalue weighted by Gasteiger charge is 2.22. The van der Waals surface area contributed by atoms with Crippen LogP contribution in [0.5, 0.6) is 0 Å². The van der Waals surface area contributed by atoms with Crippen LogP contribution < -0.4 is 0 Å². The zero-order valence-corrected chi connectivity index (χ0v) is 19.8. The molecule has 0 spiro atoms. The third-order valence-corrected chi connectivity index (χ3v) is 6.81. The van der Waals surface area contributed by atoms with Gasteiger partial charge in [0.25, 0.3) is 0 Å². The average molecular weight is 492 g/mol. The molecule has 1 aliphatic rings. The van der Waals surface area contributed by atoms with Gasteiger partial charge in [-0.25, -0.2) is 9.37 Å². The van der Waals surface area contributed by atoms with Crippen LogP contribution in [0.1, 0.15) is 18.4 Å². The molecule has 10 heteroatoms. The van der Waals surface area contributed by atoms with Gasteiger partial charge >= 0.3 is 0 Å². The summed E-state index contributed by atoms with van der Waals surface area (Å²) in [7, 11) is 0. The fraction of sp³-hybridized carbons (Fsp3) is 0.185. The number of nitrogens with one attached hydrogen (secondary N) is 2. The Bertz CT molecular complexity index is 1740. The topological polar surface area (TPSA) is 112 Å². The van der Waals surface area contributed by atoms with Gasteiger partial charge in [-0.1, -0.05) is 6.07 Å². The molecule has 1 fully saturated rings. The summed E-state index contributed by atoms with van der Waals surface area (Å²) in [5.41, 5.74) is 5.94. The van der Waals surface area contributed by atoms with Crippen molar-refractivity contribution in [3.05, 3.63) is 73.0 Å². The second-order valence-electron chi connectivity index (χ2n) is 9.26. The molecule has 0 radical (unpaired) electrons. The lowest BCUT2D eigenvalue weighted by molar-refractivity contribution is 0.331. The molecule has 6 aromatic rings. The van der Waals surface area contributed by atoms with E-state index in [0.29, 0.717) is 33.5 Å². The summed E-state index contributed by atoms with van der Waals surface area (Å²) in [6.07, 6.45) is 14.4. The van der Waals surface area contributed by atoms with Gasteiger partial charge in [0.15, 0.2) is 11.6 Å². The zero-order chi connectivity index (χ0) is 24.8. The summed E-state index contributed by atoms with van der Waals surface area (Å²) in [6.45, 7) is 2.96. The van der Waals surface area contributed by atoms with Crippen LogP contribution >= 0.6 is 0 Å². The van der Waals surface area contributed by atoms with Crippen molar-refractivity contribution < 1.29 is 4.39 Å². The smallest absolute Gasteiger partial charge is 0.161 e. The number of hydrogen-bond acceptors (Lipinski definition) is 7. The Hall–Kier alpha value is -4.57.